The summed E-state index contributed by atoms with van der Waals surface area (Å²) in [6.07, 6.45) is 0. The normalized spacial score (nSPS) is 26.6. The highest BCUT2D eigenvalue weighted by atomic mass is 16.6. The second-order valence-electron chi connectivity index (χ2n) is 8.98. The molecule has 7 nitrogen and oxygen atoms in total. The van der Waals surface area contributed by atoms with Gasteiger partial charge in [-0.1, -0.05) is 55.5 Å². The molecule has 0 radical (unpaired) electrons. The number of nitro benzene ring substituents is 1. The van der Waals surface area contributed by atoms with E-state index >= 15 is 0 Å². The highest BCUT2D eigenvalue weighted by Gasteiger charge is 2.66. The molecule has 1 heterocycles. The summed E-state index contributed by atoms with van der Waals surface area (Å²) < 4.78 is 5.39. The number of ether oxygens (including phenoxy) is 1. The van der Waals surface area contributed by atoms with E-state index in [2.05, 4.69) is 0 Å². The number of anilines is 1. The number of amides is 2. The molecule has 1 saturated heterocycles. The number of non-ortho nitro benzene ring substituents is 1. The van der Waals surface area contributed by atoms with Gasteiger partial charge in [0.2, 0.25) is 11.8 Å². The van der Waals surface area contributed by atoms with E-state index in [0.29, 0.717) is 0 Å². The smallest absolute Gasteiger partial charge is 0.271 e. The summed E-state index contributed by atoms with van der Waals surface area (Å²) in [4.78, 5) is 39.9. The van der Waals surface area contributed by atoms with Crippen LogP contribution in [0.15, 0.2) is 66.7 Å². The van der Waals surface area contributed by atoms with Crippen LogP contribution in [0.1, 0.15) is 35.1 Å². The molecule has 1 fully saturated rings. The van der Waals surface area contributed by atoms with Crippen molar-refractivity contribution in [2.45, 2.75) is 18.3 Å². The van der Waals surface area contributed by atoms with E-state index in [4.69, 9.17) is 4.74 Å². The number of rotatable bonds is 3. The Morgan fingerprint density at radius 2 is 1.55 bits per heavy atom. The molecule has 3 aromatic rings. The Hall–Kier alpha value is -4.00. The number of hydrogen-bond donors (Lipinski definition) is 0. The van der Waals surface area contributed by atoms with Crippen molar-refractivity contribution in [1.29, 1.82) is 0 Å². The topological polar surface area (TPSA) is 89.8 Å². The van der Waals surface area contributed by atoms with Crippen molar-refractivity contribution in [1.82, 2.24) is 0 Å². The van der Waals surface area contributed by atoms with Crippen molar-refractivity contribution in [2.24, 2.45) is 11.8 Å². The van der Waals surface area contributed by atoms with Gasteiger partial charge in [-0.25, -0.2) is 4.90 Å². The number of imide groups is 1. The van der Waals surface area contributed by atoms with Crippen molar-refractivity contribution in [3.63, 3.8) is 0 Å². The molecule has 2 amide bonds. The second kappa shape index (κ2) is 6.51. The summed E-state index contributed by atoms with van der Waals surface area (Å²) in [7, 11) is 1.42. The molecular formula is C26H20N2O5. The minimum absolute atomic E-state index is 0.118. The van der Waals surface area contributed by atoms with Crippen molar-refractivity contribution in [3.05, 3.63) is 99.1 Å². The number of methoxy groups -OCH3 is 1. The molecule has 3 aromatic carbocycles. The fourth-order valence-corrected chi connectivity index (χ4v) is 6.36. The largest absolute Gasteiger partial charge is 0.495 e. The van der Waals surface area contributed by atoms with Crippen LogP contribution in [0.4, 0.5) is 11.4 Å². The molecule has 4 aliphatic rings. The first kappa shape index (κ1) is 19.7. The molecule has 3 aliphatic carbocycles. The van der Waals surface area contributed by atoms with Gasteiger partial charge >= 0.3 is 0 Å². The SMILES string of the molecule is COc1ccc([N+](=O)[O-])cc1N1C(=O)C2C3c4ccccc4C(C)(c4ccccc43)C2C1=O. The maximum Gasteiger partial charge on any atom is 0.271 e. The lowest BCUT2D eigenvalue weighted by molar-refractivity contribution is -0.384. The second-order valence-corrected chi connectivity index (χ2v) is 8.98. The summed E-state index contributed by atoms with van der Waals surface area (Å²) in [5.41, 5.74) is 3.47. The molecule has 1 aliphatic heterocycles. The van der Waals surface area contributed by atoms with Crippen LogP contribution in [0, 0.1) is 22.0 Å². The molecule has 2 atom stereocenters. The zero-order chi connectivity index (χ0) is 23.1. The van der Waals surface area contributed by atoms with E-state index < -0.39 is 22.2 Å². The predicted molar refractivity (Wildman–Crippen MR) is 120 cm³/mol. The van der Waals surface area contributed by atoms with E-state index in [9.17, 15) is 19.7 Å². The van der Waals surface area contributed by atoms with Crippen molar-refractivity contribution < 1.29 is 19.2 Å². The van der Waals surface area contributed by atoms with E-state index in [-0.39, 0.29) is 34.9 Å². The highest BCUT2D eigenvalue weighted by Crippen LogP contribution is 2.64. The van der Waals surface area contributed by atoms with Crippen LogP contribution in [-0.2, 0) is 15.0 Å². The Kier molecular flexibility index (Phi) is 3.88. The zero-order valence-corrected chi connectivity index (χ0v) is 18.0. The summed E-state index contributed by atoms with van der Waals surface area (Å²) in [6, 6.07) is 20.0. The summed E-state index contributed by atoms with van der Waals surface area (Å²) >= 11 is 0. The van der Waals surface area contributed by atoms with Crippen molar-refractivity contribution >= 4 is 23.2 Å². The van der Waals surface area contributed by atoms with Crippen LogP contribution in [0.5, 0.6) is 5.75 Å². The van der Waals surface area contributed by atoms with Gasteiger partial charge < -0.3 is 4.74 Å². The first-order valence-electron chi connectivity index (χ1n) is 10.8. The molecule has 7 rings (SSSR count). The molecule has 164 valence electrons. The Bertz CT molecular complexity index is 1330. The van der Waals surface area contributed by atoms with Gasteiger partial charge in [0, 0.05) is 23.5 Å². The minimum Gasteiger partial charge on any atom is -0.495 e. The third-order valence-electron chi connectivity index (χ3n) is 7.66. The summed E-state index contributed by atoms with van der Waals surface area (Å²) in [5, 5.41) is 11.4. The molecule has 0 aromatic heterocycles. The first-order valence-corrected chi connectivity index (χ1v) is 10.8. The summed E-state index contributed by atoms with van der Waals surface area (Å²) in [6.45, 7) is 2.04. The van der Waals surface area contributed by atoms with Crippen molar-refractivity contribution in [2.75, 3.05) is 12.0 Å². The average molecular weight is 440 g/mol. The maximum absolute atomic E-state index is 14.0. The minimum atomic E-state index is -0.692. The molecule has 33 heavy (non-hydrogen) atoms. The van der Waals surface area contributed by atoms with Crippen LogP contribution < -0.4 is 9.64 Å². The first-order chi connectivity index (χ1) is 15.9. The van der Waals surface area contributed by atoms with Crippen LogP contribution in [-0.4, -0.2) is 23.8 Å². The standard InChI is InChI=1S/C26H20N2O5/c1-26-17-9-5-3-7-15(17)21(16-8-4-6-10-18(16)26)22-23(26)25(30)27(24(22)29)19-13-14(28(31)32)11-12-20(19)33-2/h3-13,21-23H,1-2H3. The monoisotopic (exact) mass is 440 g/mol. The molecule has 0 saturated carbocycles. The van der Waals surface area contributed by atoms with Gasteiger partial charge in [0.15, 0.2) is 0 Å². The fourth-order valence-electron chi connectivity index (χ4n) is 6.36. The van der Waals surface area contributed by atoms with Gasteiger partial charge in [0.1, 0.15) is 11.4 Å². The van der Waals surface area contributed by atoms with E-state index in [1.165, 1.54) is 25.3 Å². The zero-order valence-electron chi connectivity index (χ0n) is 18.0. The van der Waals surface area contributed by atoms with Crippen LogP contribution in [0.3, 0.4) is 0 Å². The summed E-state index contributed by atoms with van der Waals surface area (Å²) in [5.74, 6) is -1.90. The number of carbonyl (C=O) groups is 2. The lowest BCUT2D eigenvalue weighted by atomic mass is 9.48. The molecule has 0 N–H and O–H groups in total. The fraction of sp³-hybridized carbons (Fsp3) is 0.231. The Morgan fingerprint density at radius 3 is 2.12 bits per heavy atom. The highest BCUT2D eigenvalue weighted by molar-refractivity contribution is 6.24. The molecular weight excluding hydrogens is 420 g/mol. The number of nitro groups is 1. The molecule has 2 unspecified atom stereocenters. The third-order valence-corrected chi connectivity index (χ3v) is 7.66. The lowest BCUT2D eigenvalue weighted by Crippen LogP contribution is -2.51. The van der Waals surface area contributed by atoms with Crippen LogP contribution in [0.2, 0.25) is 0 Å². The Balaban J connectivity index is 1.59. The number of hydrogen-bond acceptors (Lipinski definition) is 5. The van der Waals surface area contributed by atoms with Crippen LogP contribution >= 0.6 is 0 Å². The average Bonchev–Trinajstić information content (AvgIpc) is 3.10. The van der Waals surface area contributed by atoms with Crippen LogP contribution in [0.25, 0.3) is 0 Å². The predicted octanol–water partition coefficient (Wildman–Crippen LogP) is 4.17. The molecule has 2 bridgehead atoms. The van der Waals surface area contributed by atoms with E-state index in [1.54, 1.807) is 0 Å². The van der Waals surface area contributed by atoms with E-state index in [0.717, 1.165) is 27.2 Å². The van der Waals surface area contributed by atoms with Gasteiger partial charge in [0.25, 0.3) is 5.69 Å². The van der Waals surface area contributed by atoms with E-state index in [1.807, 2.05) is 55.5 Å². The van der Waals surface area contributed by atoms with Crippen molar-refractivity contribution in [3.8, 4) is 5.75 Å². The van der Waals surface area contributed by atoms with Gasteiger partial charge in [-0.3, -0.25) is 19.7 Å². The van der Waals surface area contributed by atoms with Gasteiger partial charge in [0.05, 0.1) is 23.9 Å². The van der Waals surface area contributed by atoms with Gasteiger partial charge in [-0.05, 0) is 28.3 Å². The number of carbonyl (C=O) groups excluding carboxylic acids is 2. The quantitative estimate of drug-likeness (QED) is 0.346. The Labute approximate surface area is 189 Å². The van der Waals surface area contributed by atoms with Gasteiger partial charge in [-0.15, -0.1) is 0 Å². The maximum atomic E-state index is 14.0. The van der Waals surface area contributed by atoms with Gasteiger partial charge in [-0.2, -0.15) is 0 Å². The lowest BCUT2D eigenvalue weighted by Gasteiger charge is -2.52. The number of nitrogens with zero attached hydrogens (tertiary/aromatic N) is 2. The number of benzene rings is 3. The Morgan fingerprint density at radius 1 is 0.939 bits per heavy atom. The molecule has 7 heteroatoms. The molecule has 0 spiro atoms. The third kappa shape index (κ3) is 2.29.